The minimum atomic E-state index is 0.786. The van der Waals surface area contributed by atoms with Gasteiger partial charge in [-0.2, -0.15) is 0 Å². The highest BCUT2D eigenvalue weighted by atomic mass is 15.2. The van der Waals surface area contributed by atoms with Crippen molar-refractivity contribution in [2.45, 2.75) is 32.7 Å². The second kappa shape index (κ2) is 4.45. The lowest BCUT2D eigenvalue weighted by molar-refractivity contribution is 0.205. The van der Waals surface area contributed by atoms with E-state index in [1.165, 1.54) is 38.0 Å². The summed E-state index contributed by atoms with van der Waals surface area (Å²) >= 11 is 0. The molecule has 1 aliphatic heterocycles. The van der Waals surface area contributed by atoms with Crippen LogP contribution in [0.25, 0.3) is 0 Å². The minimum Gasteiger partial charge on any atom is -0.311 e. The van der Waals surface area contributed by atoms with Gasteiger partial charge >= 0.3 is 0 Å². The van der Waals surface area contributed by atoms with Crippen molar-refractivity contribution in [3.63, 3.8) is 0 Å². The third-order valence-corrected chi connectivity index (χ3v) is 3.24. The number of piperazine rings is 1. The van der Waals surface area contributed by atoms with Gasteiger partial charge in [0.25, 0.3) is 0 Å². The number of hydrogen-bond donors (Lipinski definition) is 1. The fourth-order valence-corrected chi connectivity index (χ4v) is 2.13. The molecule has 2 nitrogen and oxygen atoms in total. The maximum absolute atomic E-state index is 3.64. The Bertz CT molecular complexity index is 214. The molecular weight excluding hydrogens is 172 g/mol. The topological polar surface area (TPSA) is 15.3 Å². The first-order chi connectivity index (χ1) is 6.75. The first-order valence-electron chi connectivity index (χ1n) is 5.85. The Labute approximate surface area is 87.4 Å². The average Bonchev–Trinajstić information content (AvgIpc) is 2.98. The lowest BCUT2D eigenvalue weighted by Gasteiger charge is -2.33. The molecule has 2 rings (SSSR count). The van der Waals surface area contributed by atoms with E-state index < -0.39 is 0 Å². The van der Waals surface area contributed by atoms with E-state index in [9.17, 15) is 0 Å². The molecule has 1 atom stereocenters. The van der Waals surface area contributed by atoms with E-state index in [0.717, 1.165) is 18.5 Å². The monoisotopic (exact) mass is 194 g/mol. The standard InChI is InChI=1S/C12H22N2/c1-10(2)5-7-14-8-6-13-12(9-14)11-3-4-11/h5,11-13H,3-4,6-9H2,1-2H3. The van der Waals surface area contributed by atoms with Crippen molar-refractivity contribution in [3.8, 4) is 0 Å². The van der Waals surface area contributed by atoms with Crippen molar-refractivity contribution in [2.75, 3.05) is 26.2 Å². The lowest BCUT2D eigenvalue weighted by atomic mass is 10.1. The zero-order valence-corrected chi connectivity index (χ0v) is 9.42. The predicted octanol–water partition coefficient (Wildman–Crippen LogP) is 1.64. The molecule has 1 unspecified atom stereocenters. The maximum atomic E-state index is 3.64. The Hall–Kier alpha value is -0.340. The van der Waals surface area contributed by atoms with E-state index in [4.69, 9.17) is 0 Å². The Morgan fingerprint density at radius 3 is 2.86 bits per heavy atom. The van der Waals surface area contributed by atoms with Crippen molar-refractivity contribution >= 4 is 0 Å². The lowest BCUT2D eigenvalue weighted by Crippen LogP contribution is -2.51. The van der Waals surface area contributed by atoms with Crippen molar-refractivity contribution < 1.29 is 0 Å². The van der Waals surface area contributed by atoms with Gasteiger partial charge in [-0.15, -0.1) is 0 Å². The first kappa shape index (κ1) is 10.2. The van der Waals surface area contributed by atoms with Crippen LogP contribution in [0.3, 0.4) is 0 Å². The zero-order chi connectivity index (χ0) is 9.97. The molecule has 2 fully saturated rings. The summed E-state index contributed by atoms with van der Waals surface area (Å²) in [5.41, 5.74) is 1.44. The number of nitrogens with one attached hydrogen (secondary N) is 1. The molecule has 1 N–H and O–H groups in total. The number of hydrogen-bond acceptors (Lipinski definition) is 2. The fourth-order valence-electron chi connectivity index (χ4n) is 2.13. The van der Waals surface area contributed by atoms with Gasteiger partial charge in [0.15, 0.2) is 0 Å². The number of nitrogens with zero attached hydrogens (tertiary/aromatic N) is 1. The van der Waals surface area contributed by atoms with Crippen LogP contribution in [0.15, 0.2) is 11.6 Å². The summed E-state index contributed by atoms with van der Waals surface area (Å²) in [4.78, 5) is 2.58. The highest BCUT2D eigenvalue weighted by Crippen LogP contribution is 2.33. The van der Waals surface area contributed by atoms with E-state index >= 15 is 0 Å². The molecule has 0 spiro atoms. The third kappa shape index (κ3) is 2.82. The van der Waals surface area contributed by atoms with Crippen molar-refractivity contribution in [1.29, 1.82) is 0 Å². The second-order valence-corrected chi connectivity index (χ2v) is 4.94. The molecule has 1 aliphatic carbocycles. The van der Waals surface area contributed by atoms with E-state index in [1.807, 2.05) is 0 Å². The quantitative estimate of drug-likeness (QED) is 0.687. The Kier molecular flexibility index (Phi) is 3.24. The number of rotatable bonds is 3. The van der Waals surface area contributed by atoms with Crippen LogP contribution in [0.4, 0.5) is 0 Å². The van der Waals surface area contributed by atoms with Gasteiger partial charge in [-0.1, -0.05) is 11.6 Å². The van der Waals surface area contributed by atoms with Gasteiger partial charge < -0.3 is 5.32 Å². The van der Waals surface area contributed by atoms with E-state index in [-0.39, 0.29) is 0 Å². The zero-order valence-electron chi connectivity index (χ0n) is 9.42. The molecule has 0 aromatic heterocycles. The first-order valence-corrected chi connectivity index (χ1v) is 5.85. The molecule has 1 saturated carbocycles. The van der Waals surface area contributed by atoms with Crippen molar-refractivity contribution in [1.82, 2.24) is 10.2 Å². The normalized spacial score (nSPS) is 28.9. The summed E-state index contributed by atoms with van der Waals surface area (Å²) in [5, 5.41) is 3.64. The molecule has 0 radical (unpaired) electrons. The highest BCUT2D eigenvalue weighted by molar-refractivity contribution is 4.97. The van der Waals surface area contributed by atoms with Crippen LogP contribution in [-0.4, -0.2) is 37.1 Å². The highest BCUT2D eigenvalue weighted by Gasteiger charge is 2.33. The van der Waals surface area contributed by atoms with Crippen LogP contribution in [-0.2, 0) is 0 Å². The summed E-state index contributed by atoms with van der Waals surface area (Å²) in [5.74, 6) is 0.990. The van der Waals surface area contributed by atoms with Gasteiger partial charge in [0.2, 0.25) is 0 Å². The minimum absolute atomic E-state index is 0.786. The van der Waals surface area contributed by atoms with Gasteiger partial charge in [0, 0.05) is 32.2 Å². The molecule has 80 valence electrons. The van der Waals surface area contributed by atoms with Crippen molar-refractivity contribution in [3.05, 3.63) is 11.6 Å². The second-order valence-electron chi connectivity index (χ2n) is 4.94. The Morgan fingerprint density at radius 1 is 1.43 bits per heavy atom. The summed E-state index contributed by atoms with van der Waals surface area (Å²) in [7, 11) is 0. The molecule has 1 saturated heterocycles. The molecule has 0 amide bonds. The molecular formula is C12H22N2. The molecule has 0 aromatic carbocycles. The third-order valence-electron chi connectivity index (χ3n) is 3.24. The smallest absolute Gasteiger partial charge is 0.0223 e. The fraction of sp³-hybridized carbons (Fsp3) is 0.833. The van der Waals surface area contributed by atoms with Crippen LogP contribution < -0.4 is 5.32 Å². The van der Waals surface area contributed by atoms with Crippen LogP contribution >= 0.6 is 0 Å². The Morgan fingerprint density at radius 2 is 2.21 bits per heavy atom. The molecule has 14 heavy (non-hydrogen) atoms. The average molecular weight is 194 g/mol. The van der Waals surface area contributed by atoms with E-state index in [1.54, 1.807) is 0 Å². The van der Waals surface area contributed by atoms with Crippen molar-refractivity contribution in [2.24, 2.45) is 5.92 Å². The summed E-state index contributed by atoms with van der Waals surface area (Å²) in [6.45, 7) is 9.16. The van der Waals surface area contributed by atoms with E-state index in [2.05, 4.69) is 30.1 Å². The predicted molar refractivity (Wildman–Crippen MR) is 60.4 cm³/mol. The SMILES string of the molecule is CC(C)=CCN1CCNC(C2CC2)C1. The van der Waals surface area contributed by atoms with Crippen LogP contribution in [0, 0.1) is 5.92 Å². The van der Waals surface area contributed by atoms with Gasteiger partial charge in [0.05, 0.1) is 0 Å². The van der Waals surface area contributed by atoms with Crippen LogP contribution in [0.5, 0.6) is 0 Å². The summed E-state index contributed by atoms with van der Waals surface area (Å²) in [6.07, 6.45) is 5.25. The van der Waals surface area contributed by atoms with Gasteiger partial charge in [-0.25, -0.2) is 0 Å². The molecule has 2 heteroatoms. The molecule has 2 aliphatic rings. The van der Waals surface area contributed by atoms with Crippen LogP contribution in [0.1, 0.15) is 26.7 Å². The summed E-state index contributed by atoms with van der Waals surface area (Å²) < 4.78 is 0. The van der Waals surface area contributed by atoms with Gasteiger partial charge in [0.1, 0.15) is 0 Å². The van der Waals surface area contributed by atoms with E-state index in [0.29, 0.717) is 0 Å². The maximum Gasteiger partial charge on any atom is 0.0223 e. The van der Waals surface area contributed by atoms with Gasteiger partial charge in [-0.3, -0.25) is 4.90 Å². The molecule has 0 aromatic rings. The van der Waals surface area contributed by atoms with Gasteiger partial charge in [-0.05, 0) is 32.6 Å². The Balaban J connectivity index is 1.78. The molecule has 0 bridgehead atoms. The number of allylic oxidation sites excluding steroid dienone is 1. The largest absolute Gasteiger partial charge is 0.311 e. The molecule has 1 heterocycles. The van der Waals surface area contributed by atoms with Crippen LogP contribution in [0.2, 0.25) is 0 Å². The summed E-state index contributed by atoms with van der Waals surface area (Å²) in [6, 6.07) is 0.786.